The highest BCUT2D eigenvalue weighted by Gasteiger charge is 2.27. The molecule has 2 aromatic carbocycles. The molecule has 1 aliphatic rings. The minimum atomic E-state index is -0.543. The van der Waals surface area contributed by atoms with Crippen molar-refractivity contribution in [3.05, 3.63) is 76.9 Å². The normalized spacial score (nSPS) is 14.4. The summed E-state index contributed by atoms with van der Waals surface area (Å²) in [5, 5.41) is 3.85. The zero-order chi connectivity index (χ0) is 21.8. The van der Waals surface area contributed by atoms with Gasteiger partial charge in [-0.2, -0.15) is 4.98 Å². The number of carbonyl (C=O) groups is 2. The molecule has 0 aliphatic carbocycles. The number of benzene rings is 2. The van der Waals surface area contributed by atoms with Gasteiger partial charge < -0.3 is 19.9 Å². The van der Waals surface area contributed by atoms with E-state index in [1.54, 1.807) is 37.3 Å². The molecular weight excluding hydrogens is 396 g/mol. The monoisotopic (exact) mass is 420 g/mol. The molecule has 8 heteroatoms. The molecule has 1 aromatic heterocycles. The van der Waals surface area contributed by atoms with Crippen LogP contribution in [-0.4, -0.2) is 39.9 Å². The van der Waals surface area contributed by atoms with E-state index in [1.807, 2.05) is 23.1 Å². The molecule has 2 N–H and O–H groups in total. The van der Waals surface area contributed by atoms with Crippen molar-refractivity contribution in [3.8, 4) is 5.75 Å². The maximum Gasteiger partial charge on any atom is 0.253 e. The number of hydrogen-bond donors (Lipinski definition) is 1. The van der Waals surface area contributed by atoms with Crippen LogP contribution in [-0.2, 0) is 6.61 Å². The quantitative estimate of drug-likeness (QED) is 0.656. The van der Waals surface area contributed by atoms with Gasteiger partial charge in [-0.1, -0.05) is 29.4 Å². The van der Waals surface area contributed by atoms with Crippen LogP contribution in [0.15, 0.2) is 53.1 Å². The van der Waals surface area contributed by atoms with E-state index >= 15 is 0 Å². The molecule has 8 nitrogen and oxygen atoms in total. The number of piperidine rings is 1. The summed E-state index contributed by atoms with van der Waals surface area (Å²) >= 11 is 0. The van der Waals surface area contributed by atoms with E-state index in [4.69, 9.17) is 15.0 Å². The molecule has 4 rings (SSSR count). The molecule has 1 saturated heterocycles. The molecule has 0 spiro atoms. The zero-order valence-electron chi connectivity index (χ0n) is 17.3. The fourth-order valence-corrected chi connectivity index (χ4v) is 3.74. The number of carbonyl (C=O) groups excluding carboxylic acids is 2. The molecule has 0 radical (unpaired) electrons. The Morgan fingerprint density at radius 2 is 1.94 bits per heavy atom. The second-order valence-electron chi connectivity index (χ2n) is 7.60. The second kappa shape index (κ2) is 8.99. The maximum absolute atomic E-state index is 13.0. The van der Waals surface area contributed by atoms with Gasteiger partial charge in [0.05, 0.1) is 5.56 Å². The summed E-state index contributed by atoms with van der Waals surface area (Å²) in [6.45, 7) is 3.30. The first-order chi connectivity index (χ1) is 15.0. The van der Waals surface area contributed by atoms with Crippen LogP contribution in [0.4, 0.5) is 0 Å². The van der Waals surface area contributed by atoms with E-state index in [2.05, 4.69) is 10.1 Å². The van der Waals surface area contributed by atoms with Crippen molar-refractivity contribution >= 4 is 11.8 Å². The first-order valence-electron chi connectivity index (χ1n) is 10.2. The minimum Gasteiger partial charge on any atom is -0.488 e. The van der Waals surface area contributed by atoms with Gasteiger partial charge in [0.15, 0.2) is 5.82 Å². The molecule has 1 aliphatic heterocycles. The van der Waals surface area contributed by atoms with Crippen LogP contribution in [0.25, 0.3) is 0 Å². The molecular formula is C23H24N4O4. The third-order valence-corrected chi connectivity index (χ3v) is 5.40. The van der Waals surface area contributed by atoms with E-state index in [1.165, 1.54) is 0 Å². The Labute approximate surface area is 180 Å². The van der Waals surface area contributed by atoms with Gasteiger partial charge in [-0.3, -0.25) is 9.59 Å². The summed E-state index contributed by atoms with van der Waals surface area (Å²) in [7, 11) is 0. The third kappa shape index (κ3) is 4.74. The Morgan fingerprint density at radius 1 is 1.16 bits per heavy atom. The lowest BCUT2D eigenvalue weighted by molar-refractivity contribution is 0.0704. The number of hydrogen-bond acceptors (Lipinski definition) is 6. The van der Waals surface area contributed by atoms with Crippen LogP contribution in [0.2, 0.25) is 0 Å². The average molecular weight is 420 g/mol. The van der Waals surface area contributed by atoms with Crippen molar-refractivity contribution in [2.45, 2.75) is 32.3 Å². The molecule has 3 aromatic rings. The number of nitrogens with zero attached hydrogens (tertiary/aromatic N) is 3. The highest BCUT2D eigenvalue weighted by atomic mass is 16.5. The van der Waals surface area contributed by atoms with E-state index in [0.29, 0.717) is 41.7 Å². The maximum atomic E-state index is 13.0. The van der Waals surface area contributed by atoms with Crippen LogP contribution in [0.1, 0.15) is 56.8 Å². The number of nitrogens with two attached hydrogens (primary N) is 1. The smallest absolute Gasteiger partial charge is 0.253 e. The molecule has 2 heterocycles. The standard InChI is InChI=1S/C23H24N4O4/c1-15-25-22(31-26-15)17-9-11-27(12-10-17)23(29)18-6-4-5-16(13-18)14-30-20-8-3-2-7-19(20)21(24)28/h2-8,13,17H,9-12,14H2,1H3,(H2,24,28). The summed E-state index contributed by atoms with van der Waals surface area (Å²) in [5.74, 6) is 1.34. The van der Waals surface area contributed by atoms with Gasteiger partial charge in [0.25, 0.3) is 11.8 Å². The van der Waals surface area contributed by atoms with E-state index < -0.39 is 5.91 Å². The first kappa shape index (κ1) is 20.6. The van der Waals surface area contributed by atoms with Gasteiger partial charge in [-0.15, -0.1) is 0 Å². The number of amides is 2. The number of primary amides is 1. The van der Waals surface area contributed by atoms with Crippen LogP contribution < -0.4 is 10.5 Å². The number of rotatable bonds is 6. The van der Waals surface area contributed by atoms with E-state index in [0.717, 1.165) is 18.4 Å². The lowest BCUT2D eigenvalue weighted by atomic mass is 9.96. The fraction of sp³-hybridized carbons (Fsp3) is 0.304. The second-order valence-corrected chi connectivity index (χ2v) is 7.60. The number of likely N-dealkylation sites (tertiary alicyclic amines) is 1. The number of ether oxygens (including phenoxy) is 1. The predicted molar refractivity (Wildman–Crippen MR) is 113 cm³/mol. The van der Waals surface area contributed by atoms with Crippen molar-refractivity contribution in [1.82, 2.24) is 15.0 Å². The molecule has 0 saturated carbocycles. The SMILES string of the molecule is Cc1noc(C2CCN(C(=O)c3cccc(COc4ccccc4C(N)=O)c3)CC2)n1. The van der Waals surface area contributed by atoms with Gasteiger partial charge in [0, 0.05) is 24.6 Å². The molecule has 31 heavy (non-hydrogen) atoms. The Kier molecular flexibility index (Phi) is 5.97. The van der Waals surface area contributed by atoms with Crippen LogP contribution in [0.3, 0.4) is 0 Å². The number of para-hydroxylation sites is 1. The van der Waals surface area contributed by atoms with Crippen molar-refractivity contribution in [3.63, 3.8) is 0 Å². The van der Waals surface area contributed by atoms with Crippen molar-refractivity contribution < 1.29 is 18.8 Å². The lowest BCUT2D eigenvalue weighted by Gasteiger charge is -2.30. The zero-order valence-corrected chi connectivity index (χ0v) is 17.3. The highest BCUT2D eigenvalue weighted by Crippen LogP contribution is 2.27. The number of aryl methyl sites for hydroxylation is 1. The van der Waals surface area contributed by atoms with Gasteiger partial charge in [0.2, 0.25) is 5.89 Å². The Balaban J connectivity index is 1.38. The molecule has 1 fully saturated rings. The van der Waals surface area contributed by atoms with Crippen LogP contribution in [0.5, 0.6) is 5.75 Å². The van der Waals surface area contributed by atoms with Crippen LogP contribution in [0, 0.1) is 6.92 Å². The van der Waals surface area contributed by atoms with Crippen molar-refractivity contribution in [2.24, 2.45) is 5.73 Å². The van der Waals surface area contributed by atoms with Crippen LogP contribution >= 0.6 is 0 Å². The van der Waals surface area contributed by atoms with Gasteiger partial charge in [0.1, 0.15) is 12.4 Å². The third-order valence-electron chi connectivity index (χ3n) is 5.40. The topological polar surface area (TPSA) is 112 Å². The first-order valence-corrected chi connectivity index (χ1v) is 10.2. The molecule has 2 amide bonds. The van der Waals surface area contributed by atoms with Crippen molar-refractivity contribution in [1.29, 1.82) is 0 Å². The minimum absolute atomic E-state index is 0.0143. The van der Waals surface area contributed by atoms with E-state index in [-0.39, 0.29) is 18.4 Å². The Morgan fingerprint density at radius 3 is 2.65 bits per heavy atom. The summed E-state index contributed by atoms with van der Waals surface area (Å²) in [4.78, 5) is 30.7. The van der Waals surface area contributed by atoms with Gasteiger partial charge >= 0.3 is 0 Å². The molecule has 0 bridgehead atoms. The largest absolute Gasteiger partial charge is 0.488 e. The van der Waals surface area contributed by atoms with Gasteiger partial charge in [-0.25, -0.2) is 0 Å². The predicted octanol–water partition coefficient (Wildman–Crippen LogP) is 3.08. The summed E-state index contributed by atoms with van der Waals surface area (Å²) < 4.78 is 11.1. The Hall–Kier alpha value is -3.68. The van der Waals surface area contributed by atoms with E-state index in [9.17, 15) is 9.59 Å². The molecule has 160 valence electrons. The van der Waals surface area contributed by atoms with Crippen molar-refractivity contribution in [2.75, 3.05) is 13.1 Å². The summed E-state index contributed by atoms with van der Waals surface area (Å²) in [6, 6.07) is 14.2. The molecule has 0 unspecified atom stereocenters. The highest BCUT2D eigenvalue weighted by molar-refractivity contribution is 5.95. The molecule has 0 atom stereocenters. The average Bonchev–Trinajstić information content (AvgIpc) is 3.24. The van der Waals surface area contributed by atoms with Gasteiger partial charge in [-0.05, 0) is 49.6 Å². The Bertz CT molecular complexity index is 1090. The summed E-state index contributed by atoms with van der Waals surface area (Å²) in [5.41, 5.74) is 7.17. The lowest BCUT2D eigenvalue weighted by Crippen LogP contribution is -2.38. The fourth-order valence-electron chi connectivity index (χ4n) is 3.74. The summed E-state index contributed by atoms with van der Waals surface area (Å²) in [6.07, 6.45) is 1.58. The number of aromatic nitrogens is 2.